The maximum atomic E-state index is 12.4. The minimum atomic E-state index is -1.44. The zero-order valence-corrected chi connectivity index (χ0v) is 13.8. The van der Waals surface area contributed by atoms with Crippen molar-refractivity contribution in [1.29, 1.82) is 0 Å². The first-order valence-electron chi connectivity index (χ1n) is 6.81. The topological polar surface area (TPSA) is 55.4 Å². The second-order valence-corrected chi connectivity index (χ2v) is 6.84. The SMILES string of the molecule is CC(Cl)C(C)(OC(=O)c1ccccc1)C(=O)NC(C)(C)C. The summed E-state index contributed by atoms with van der Waals surface area (Å²) in [4.78, 5) is 24.6. The van der Waals surface area contributed by atoms with Crippen molar-refractivity contribution in [2.45, 2.75) is 51.1 Å². The molecular formula is C16H22ClNO3. The molecule has 1 rings (SSSR count). The zero-order chi connectivity index (χ0) is 16.3. The third-order valence-corrected chi connectivity index (χ3v) is 3.43. The van der Waals surface area contributed by atoms with Crippen LogP contribution in [0.15, 0.2) is 30.3 Å². The van der Waals surface area contributed by atoms with E-state index in [0.29, 0.717) is 5.56 Å². The first kappa shape index (κ1) is 17.5. The number of amides is 1. The average molecular weight is 312 g/mol. The lowest BCUT2D eigenvalue weighted by atomic mass is 9.98. The summed E-state index contributed by atoms with van der Waals surface area (Å²) in [6.07, 6.45) is 0. The van der Waals surface area contributed by atoms with Gasteiger partial charge in [0.15, 0.2) is 0 Å². The summed E-state index contributed by atoms with van der Waals surface area (Å²) in [7, 11) is 0. The molecule has 4 nitrogen and oxygen atoms in total. The van der Waals surface area contributed by atoms with E-state index in [2.05, 4.69) is 5.32 Å². The van der Waals surface area contributed by atoms with E-state index in [0.717, 1.165) is 0 Å². The molecule has 2 atom stereocenters. The number of hydrogen-bond acceptors (Lipinski definition) is 3. The Balaban J connectivity index is 2.96. The molecule has 2 unspecified atom stereocenters. The molecule has 0 radical (unpaired) electrons. The van der Waals surface area contributed by atoms with Gasteiger partial charge in [0.05, 0.1) is 10.9 Å². The first-order valence-corrected chi connectivity index (χ1v) is 7.25. The summed E-state index contributed by atoms with van der Waals surface area (Å²) < 4.78 is 5.41. The van der Waals surface area contributed by atoms with Crippen molar-refractivity contribution in [2.24, 2.45) is 0 Å². The maximum Gasteiger partial charge on any atom is 0.339 e. The van der Waals surface area contributed by atoms with Crippen LogP contribution in [-0.4, -0.2) is 28.4 Å². The van der Waals surface area contributed by atoms with Crippen LogP contribution in [0.3, 0.4) is 0 Å². The van der Waals surface area contributed by atoms with Gasteiger partial charge in [-0.25, -0.2) is 4.79 Å². The van der Waals surface area contributed by atoms with Gasteiger partial charge in [-0.3, -0.25) is 4.79 Å². The molecule has 0 aliphatic carbocycles. The number of benzene rings is 1. The molecule has 0 heterocycles. The Hall–Kier alpha value is -1.55. The number of esters is 1. The lowest BCUT2D eigenvalue weighted by molar-refractivity contribution is -0.140. The molecule has 0 saturated heterocycles. The Morgan fingerprint density at radius 1 is 1.14 bits per heavy atom. The van der Waals surface area contributed by atoms with Crippen molar-refractivity contribution in [3.8, 4) is 0 Å². The van der Waals surface area contributed by atoms with Crippen molar-refractivity contribution in [3.05, 3.63) is 35.9 Å². The van der Waals surface area contributed by atoms with Crippen LogP contribution < -0.4 is 5.32 Å². The quantitative estimate of drug-likeness (QED) is 0.686. The van der Waals surface area contributed by atoms with Crippen LogP contribution in [-0.2, 0) is 9.53 Å². The number of ether oxygens (including phenoxy) is 1. The van der Waals surface area contributed by atoms with Gasteiger partial charge in [-0.05, 0) is 46.8 Å². The number of rotatable bonds is 4. The lowest BCUT2D eigenvalue weighted by Crippen LogP contribution is -2.57. The van der Waals surface area contributed by atoms with Crippen LogP contribution >= 0.6 is 11.6 Å². The highest BCUT2D eigenvalue weighted by atomic mass is 35.5. The van der Waals surface area contributed by atoms with Gasteiger partial charge in [-0.2, -0.15) is 0 Å². The van der Waals surface area contributed by atoms with E-state index in [1.54, 1.807) is 37.3 Å². The van der Waals surface area contributed by atoms with Gasteiger partial charge < -0.3 is 10.1 Å². The third kappa shape index (κ3) is 4.74. The van der Waals surface area contributed by atoms with Gasteiger partial charge in [0.25, 0.3) is 5.91 Å². The Bertz CT molecular complexity index is 508. The molecule has 0 fully saturated rings. The minimum absolute atomic E-state index is 0.379. The summed E-state index contributed by atoms with van der Waals surface area (Å²) >= 11 is 6.10. The molecule has 1 aromatic rings. The van der Waals surface area contributed by atoms with Gasteiger partial charge in [0.2, 0.25) is 5.60 Å². The van der Waals surface area contributed by atoms with Crippen molar-refractivity contribution in [1.82, 2.24) is 5.32 Å². The molecule has 0 spiro atoms. The van der Waals surface area contributed by atoms with Crippen LogP contribution in [0.5, 0.6) is 0 Å². The summed E-state index contributed by atoms with van der Waals surface area (Å²) in [6.45, 7) is 8.70. The Morgan fingerprint density at radius 2 is 1.67 bits per heavy atom. The number of carbonyl (C=O) groups excluding carboxylic acids is 2. The zero-order valence-electron chi connectivity index (χ0n) is 13.1. The minimum Gasteiger partial charge on any atom is -0.444 e. The van der Waals surface area contributed by atoms with E-state index in [4.69, 9.17) is 16.3 Å². The summed E-state index contributed by atoms with van der Waals surface area (Å²) in [5, 5.41) is 2.12. The number of alkyl halides is 1. The molecule has 0 aliphatic heterocycles. The molecule has 1 N–H and O–H groups in total. The predicted octanol–water partition coefficient (Wildman–Crippen LogP) is 3.14. The number of carbonyl (C=O) groups is 2. The van der Waals surface area contributed by atoms with Crippen LogP contribution in [0.2, 0.25) is 0 Å². The van der Waals surface area contributed by atoms with Crippen LogP contribution in [0, 0.1) is 0 Å². The van der Waals surface area contributed by atoms with Gasteiger partial charge in [0, 0.05) is 5.54 Å². The van der Waals surface area contributed by atoms with Gasteiger partial charge >= 0.3 is 5.97 Å². The van der Waals surface area contributed by atoms with Gasteiger partial charge in [-0.1, -0.05) is 18.2 Å². The van der Waals surface area contributed by atoms with E-state index >= 15 is 0 Å². The second-order valence-electron chi connectivity index (χ2n) is 6.18. The van der Waals surface area contributed by atoms with E-state index < -0.39 is 28.4 Å². The van der Waals surface area contributed by atoms with Crippen LogP contribution in [0.4, 0.5) is 0 Å². The van der Waals surface area contributed by atoms with E-state index in [-0.39, 0.29) is 0 Å². The fraction of sp³-hybridized carbons (Fsp3) is 0.500. The Morgan fingerprint density at radius 3 is 2.10 bits per heavy atom. The predicted molar refractivity (Wildman–Crippen MR) is 83.5 cm³/mol. The molecule has 0 bridgehead atoms. The molecular weight excluding hydrogens is 290 g/mol. The highest BCUT2D eigenvalue weighted by Gasteiger charge is 2.43. The molecule has 21 heavy (non-hydrogen) atoms. The lowest BCUT2D eigenvalue weighted by Gasteiger charge is -2.33. The van der Waals surface area contributed by atoms with Crippen molar-refractivity contribution in [3.63, 3.8) is 0 Å². The molecule has 1 amide bonds. The number of hydrogen-bond donors (Lipinski definition) is 1. The second kappa shape index (κ2) is 6.48. The third-order valence-electron chi connectivity index (χ3n) is 3.01. The first-order chi connectivity index (χ1) is 9.56. The highest BCUT2D eigenvalue weighted by molar-refractivity contribution is 6.23. The van der Waals surface area contributed by atoms with Crippen molar-refractivity contribution in [2.75, 3.05) is 0 Å². The van der Waals surface area contributed by atoms with Gasteiger partial charge in [0.1, 0.15) is 0 Å². The van der Waals surface area contributed by atoms with Crippen LogP contribution in [0.25, 0.3) is 0 Å². The van der Waals surface area contributed by atoms with Crippen molar-refractivity contribution >= 4 is 23.5 Å². The summed E-state index contributed by atoms with van der Waals surface area (Å²) in [5.74, 6) is -0.989. The largest absolute Gasteiger partial charge is 0.444 e. The average Bonchev–Trinajstić information content (AvgIpc) is 2.37. The molecule has 0 aliphatic rings. The van der Waals surface area contributed by atoms with Crippen molar-refractivity contribution < 1.29 is 14.3 Å². The van der Waals surface area contributed by atoms with E-state index in [1.165, 1.54) is 6.92 Å². The molecule has 116 valence electrons. The molecule has 0 saturated carbocycles. The van der Waals surface area contributed by atoms with Gasteiger partial charge in [-0.15, -0.1) is 11.6 Å². The summed E-state index contributed by atoms with van der Waals surface area (Å²) in [5.41, 5.74) is -1.50. The van der Waals surface area contributed by atoms with E-state index in [1.807, 2.05) is 20.8 Å². The smallest absolute Gasteiger partial charge is 0.339 e. The molecule has 0 aromatic heterocycles. The normalized spacial score (nSPS) is 15.7. The summed E-state index contributed by atoms with van der Waals surface area (Å²) in [6, 6.07) is 8.51. The fourth-order valence-electron chi connectivity index (χ4n) is 1.60. The van der Waals surface area contributed by atoms with E-state index in [9.17, 15) is 9.59 Å². The Kier molecular flexibility index (Phi) is 5.40. The van der Waals surface area contributed by atoms with Crippen LogP contribution in [0.1, 0.15) is 45.0 Å². The fourth-order valence-corrected chi connectivity index (χ4v) is 1.74. The highest BCUT2D eigenvalue weighted by Crippen LogP contribution is 2.24. The molecule has 1 aromatic carbocycles. The number of nitrogens with one attached hydrogen (secondary N) is 1. The Labute approximate surface area is 130 Å². The molecule has 5 heteroatoms. The number of halogens is 1. The standard InChI is InChI=1S/C16H22ClNO3/c1-11(17)16(5,14(20)18-15(2,3)4)21-13(19)12-9-7-6-8-10-12/h6-11H,1-5H3,(H,18,20). The maximum absolute atomic E-state index is 12.4. The monoisotopic (exact) mass is 311 g/mol.